The van der Waals surface area contributed by atoms with Gasteiger partial charge in [0.05, 0.1) is 41.3 Å². The summed E-state index contributed by atoms with van der Waals surface area (Å²) >= 11 is 10.4. The first-order valence-corrected chi connectivity index (χ1v) is 16.1. The van der Waals surface area contributed by atoms with Gasteiger partial charge in [-0.15, -0.1) is 13.2 Å². The molecule has 0 aromatic heterocycles. The molecule has 1 spiro atoms. The predicted molar refractivity (Wildman–Crippen MR) is 169 cm³/mol. The molecule has 1 aromatic rings. The third kappa shape index (κ3) is 5.46. The van der Waals surface area contributed by atoms with Crippen LogP contribution in [0.2, 0.25) is 5.02 Å². The van der Waals surface area contributed by atoms with Crippen molar-refractivity contribution in [2.45, 2.75) is 75.6 Å². The van der Waals surface area contributed by atoms with Gasteiger partial charge in [0.15, 0.2) is 0 Å². The molecule has 1 aromatic carbocycles. The number of aryl methyl sites for hydroxylation is 1. The maximum absolute atomic E-state index is 14.9. The van der Waals surface area contributed by atoms with E-state index in [1.807, 2.05) is 39.8 Å². The van der Waals surface area contributed by atoms with Gasteiger partial charge < -0.3 is 24.5 Å². The first-order chi connectivity index (χ1) is 20.0. The number of likely N-dealkylation sites (tertiary alicyclic amines) is 1. The minimum absolute atomic E-state index is 0.143. The van der Waals surface area contributed by atoms with E-state index >= 15 is 0 Å². The molecule has 0 radical (unpaired) electrons. The molecule has 10 heteroatoms. The zero-order valence-corrected chi connectivity index (χ0v) is 27.3. The van der Waals surface area contributed by atoms with Crippen LogP contribution in [0.3, 0.4) is 0 Å². The molecule has 3 aliphatic heterocycles. The van der Waals surface area contributed by atoms with Gasteiger partial charge >= 0.3 is 0 Å². The van der Waals surface area contributed by atoms with Crippen LogP contribution < -0.4 is 4.90 Å². The van der Waals surface area contributed by atoms with Crippen LogP contribution in [0.15, 0.2) is 43.5 Å². The number of benzene rings is 1. The molecule has 0 aliphatic carbocycles. The van der Waals surface area contributed by atoms with E-state index in [0.29, 0.717) is 36.6 Å². The van der Waals surface area contributed by atoms with E-state index in [9.17, 15) is 19.5 Å². The van der Waals surface area contributed by atoms with Gasteiger partial charge in [0, 0.05) is 24.5 Å². The number of amides is 3. The number of carbonyl (C=O) groups is 3. The molecule has 3 unspecified atom stereocenters. The van der Waals surface area contributed by atoms with E-state index in [1.165, 1.54) is 4.90 Å². The van der Waals surface area contributed by atoms with Gasteiger partial charge in [0.25, 0.3) is 5.91 Å². The molecule has 0 saturated carbocycles. The average Bonchev–Trinajstić information content (AvgIpc) is 3.53. The van der Waals surface area contributed by atoms with Crippen molar-refractivity contribution in [3.05, 3.63) is 54.1 Å². The Labute approximate surface area is 262 Å². The molecule has 4 rings (SSSR count). The summed E-state index contributed by atoms with van der Waals surface area (Å²) in [7, 11) is 0. The smallest absolute Gasteiger partial charge is 0.253 e. The number of hydrogen-bond acceptors (Lipinski definition) is 5. The van der Waals surface area contributed by atoms with Gasteiger partial charge in [-0.2, -0.15) is 0 Å². The van der Waals surface area contributed by atoms with Gasteiger partial charge in [0.2, 0.25) is 11.8 Å². The van der Waals surface area contributed by atoms with Crippen molar-refractivity contribution in [2.24, 2.45) is 17.8 Å². The molecule has 3 heterocycles. The summed E-state index contributed by atoms with van der Waals surface area (Å²) in [6, 6.07) is 3.73. The van der Waals surface area contributed by atoms with Crippen LogP contribution in [0.25, 0.3) is 0 Å². The number of nitrogens with zero attached hydrogens (tertiary/aromatic N) is 3. The van der Waals surface area contributed by atoms with Crippen LogP contribution in [-0.2, 0) is 19.1 Å². The minimum Gasteiger partial charge on any atom is -0.394 e. The Morgan fingerprint density at radius 3 is 2.52 bits per heavy atom. The molecule has 2 bridgehead atoms. The molecule has 1 N–H and O–H groups in total. The van der Waals surface area contributed by atoms with E-state index in [2.05, 4.69) is 29.1 Å². The number of halogens is 2. The number of ether oxygens (including phenoxy) is 1. The number of alkyl halides is 1. The number of aliphatic hydroxyl groups excluding tert-OH is 1. The van der Waals surface area contributed by atoms with Gasteiger partial charge in [-0.3, -0.25) is 14.4 Å². The van der Waals surface area contributed by atoms with Crippen LogP contribution >= 0.6 is 27.5 Å². The monoisotopic (exact) mass is 663 g/mol. The first-order valence-electron chi connectivity index (χ1n) is 14.8. The largest absolute Gasteiger partial charge is 0.394 e. The van der Waals surface area contributed by atoms with Crippen LogP contribution in [0.5, 0.6) is 0 Å². The molecular weight excluding hydrogens is 622 g/mol. The van der Waals surface area contributed by atoms with Crippen LogP contribution in [0, 0.1) is 24.7 Å². The Bertz CT molecular complexity index is 1210. The SMILES string of the molecule is C=CCN(CCC)C(=O)[C@H]1[C@H]2C(=O)N([C@@H](CO)CC(C)C)C(C(=O)N(CC=C)c3c(C)cccc3Cl)C23CC(Br)[C@@H]1O3. The Hall–Kier alpha value is -2.20. The van der Waals surface area contributed by atoms with Crippen molar-refractivity contribution in [3.8, 4) is 0 Å². The fourth-order valence-corrected chi connectivity index (χ4v) is 8.57. The van der Waals surface area contributed by atoms with E-state index in [1.54, 1.807) is 28.0 Å². The van der Waals surface area contributed by atoms with E-state index in [-0.39, 0.29) is 41.6 Å². The van der Waals surface area contributed by atoms with Gasteiger partial charge in [-0.1, -0.05) is 72.6 Å². The van der Waals surface area contributed by atoms with Gasteiger partial charge in [-0.25, -0.2) is 0 Å². The van der Waals surface area contributed by atoms with Crippen molar-refractivity contribution in [3.63, 3.8) is 0 Å². The molecule has 3 fully saturated rings. The van der Waals surface area contributed by atoms with Crippen molar-refractivity contribution in [1.82, 2.24) is 9.80 Å². The Kier molecular flexibility index (Phi) is 10.3. The summed E-state index contributed by atoms with van der Waals surface area (Å²) in [6.07, 6.45) is 4.35. The lowest BCUT2D eigenvalue weighted by Gasteiger charge is -2.40. The van der Waals surface area contributed by atoms with E-state index in [0.717, 1.165) is 12.0 Å². The van der Waals surface area contributed by atoms with Gasteiger partial charge in [0.1, 0.15) is 11.6 Å². The molecule has 3 aliphatic rings. The number of hydrogen-bond donors (Lipinski definition) is 1. The van der Waals surface area contributed by atoms with Crippen LogP contribution in [0.4, 0.5) is 5.69 Å². The molecule has 3 saturated heterocycles. The predicted octanol–water partition coefficient (Wildman–Crippen LogP) is 4.75. The third-order valence-electron chi connectivity index (χ3n) is 8.78. The fraction of sp³-hybridized carbons (Fsp3) is 0.594. The molecule has 7 atom stereocenters. The summed E-state index contributed by atoms with van der Waals surface area (Å²) in [5, 5.41) is 11.0. The van der Waals surface area contributed by atoms with Crippen molar-refractivity contribution < 1.29 is 24.2 Å². The summed E-state index contributed by atoms with van der Waals surface area (Å²) in [5.41, 5.74) is 0.0841. The fourth-order valence-electron chi connectivity index (χ4n) is 7.30. The molecule has 3 amide bonds. The van der Waals surface area contributed by atoms with E-state index in [4.69, 9.17) is 16.3 Å². The molecular formula is C32H43BrClN3O5. The highest BCUT2D eigenvalue weighted by Gasteiger charge is 2.77. The van der Waals surface area contributed by atoms with Crippen LogP contribution in [-0.4, -0.2) is 87.5 Å². The lowest BCUT2D eigenvalue weighted by molar-refractivity contribution is -0.147. The standard InChI is InChI=1S/C32H43BrClN3O5/c1-7-13-35(14-8-2)29(39)24-25-30(40)37(21(18-38)16-19(4)5)28(32(25)17-22(33)27(24)42-32)31(41)36(15-9-3)26-20(6)11-10-12-23(26)34/h7,9-12,19,21-22,24-25,27-28,38H,1,3,8,13-18H2,2,4-6H3/t21-,22?,24+,25+,27+,28?,32?/m1/s1. The highest BCUT2D eigenvalue weighted by molar-refractivity contribution is 9.09. The van der Waals surface area contributed by atoms with Crippen molar-refractivity contribution in [2.75, 3.05) is 31.1 Å². The number of fused-ring (bicyclic) bond motifs is 1. The minimum atomic E-state index is -1.25. The zero-order chi connectivity index (χ0) is 30.9. The number of anilines is 1. The molecule has 230 valence electrons. The van der Waals surface area contributed by atoms with E-state index < -0.39 is 35.6 Å². The number of carbonyl (C=O) groups excluding carboxylic acids is 3. The highest BCUT2D eigenvalue weighted by Crippen LogP contribution is 2.61. The van der Waals surface area contributed by atoms with Crippen LogP contribution in [0.1, 0.15) is 45.6 Å². The van der Waals surface area contributed by atoms with Crippen molar-refractivity contribution in [1.29, 1.82) is 0 Å². The lowest BCUT2D eigenvalue weighted by atomic mass is 9.70. The summed E-state index contributed by atoms with van der Waals surface area (Å²) in [5.74, 6) is -2.35. The second-order valence-electron chi connectivity index (χ2n) is 12.1. The molecule has 8 nitrogen and oxygen atoms in total. The van der Waals surface area contributed by atoms with Gasteiger partial charge in [-0.05, 0) is 43.7 Å². The Morgan fingerprint density at radius 1 is 1.26 bits per heavy atom. The summed E-state index contributed by atoms with van der Waals surface area (Å²) in [4.78, 5) is 48.2. The second-order valence-corrected chi connectivity index (χ2v) is 13.7. The second kappa shape index (κ2) is 13.2. The quantitative estimate of drug-likeness (QED) is 0.243. The normalized spacial score (nSPS) is 28.6. The third-order valence-corrected chi connectivity index (χ3v) is 9.93. The zero-order valence-electron chi connectivity index (χ0n) is 25.0. The first kappa shape index (κ1) is 32.7. The maximum atomic E-state index is 14.9. The number of para-hydroxylation sites is 1. The lowest BCUT2D eigenvalue weighted by Crippen LogP contribution is -2.59. The Balaban J connectivity index is 1.88. The highest BCUT2D eigenvalue weighted by atomic mass is 79.9. The summed E-state index contributed by atoms with van der Waals surface area (Å²) < 4.78 is 6.72. The topological polar surface area (TPSA) is 90.4 Å². The summed E-state index contributed by atoms with van der Waals surface area (Å²) in [6.45, 7) is 16.3. The molecule has 42 heavy (non-hydrogen) atoms. The average molecular weight is 665 g/mol. The maximum Gasteiger partial charge on any atom is 0.253 e. The number of rotatable bonds is 13. The number of aliphatic hydroxyl groups is 1. The van der Waals surface area contributed by atoms with Crippen molar-refractivity contribution >= 4 is 50.9 Å². The Morgan fingerprint density at radius 2 is 1.95 bits per heavy atom.